The lowest BCUT2D eigenvalue weighted by atomic mass is 9.88. The van der Waals surface area contributed by atoms with E-state index in [1.807, 2.05) is 6.08 Å². The number of hydrogen-bond donors (Lipinski definition) is 2. The number of carbonyl (C=O) groups excluding carboxylic acids is 2. The summed E-state index contributed by atoms with van der Waals surface area (Å²) in [5.74, 6) is 0.170. The summed E-state index contributed by atoms with van der Waals surface area (Å²) in [6.07, 6.45) is 7.91. The average Bonchev–Trinajstić information content (AvgIpc) is 2.47. The van der Waals surface area contributed by atoms with Gasteiger partial charge in [0.25, 0.3) is 5.91 Å². The van der Waals surface area contributed by atoms with Gasteiger partial charge in [-0.2, -0.15) is 0 Å². The number of nitrogens with one attached hydrogen (secondary N) is 2. The minimum Gasteiger partial charge on any atom is -0.303 e. The third kappa shape index (κ3) is 1.95. The van der Waals surface area contributed by atoms with Gasteiger partial charge in [0.2, 0.25) is 0 Å². The Morgan fingerprint density at radius 1 is 1.07 bits per heavy atom. The minimum atomic E-state index is -0.406. The molecule has 14 heavy (non-hydrogen) atoms. The monoisotopic (exact) mass is 194 g/mol. The van der Waals surface area contributed by atoms with Crippen LogP contribution < -0.4 is 10.6 Å². The molecule has 1 aliphatic carbocycles. The molecule has 2 fully saturated rings. The van der Waals surface area contributed by atoms with Crippen LogP contribution in [0.5, 0.6) is 0 Å². The average molecular weight is 194 g/mol. The number of carbonyl (C=O) groups is 2. The number of imide groups is 1. The molecule has 0 spiro atoms. The van der Waals surface area contributed by atoms with Gasteiger partial charge >= 0.3 is 6.03 Å². The fraction of sp³-hybridized carbons (Fsp3) is 0.600. The number of urea groups is 1. The Labute approximate surface area is 82.7 Å². The molecule has 0 aromatic rings. The van der Waals surface area contributed by atoms with Gasteiger partial charge in [-0.15, -0.1) is 0 Å². The Morgan fingerprint density at radius 2 is 1.79 bits per heavy atom. The normalized spacial score (nSPS) is 26.4. The molecule has 4 heteroatoms. The molecule has 3 amide bonds. The quantitative estimate of drug-likeness (QED) is 0.488. The SMILES string of the molecule is O=C1NC(=O)/C(=C/C2CCCCC2)N1. The second kappa shape index (κ2) is 3.82. The molecule has 0 aromatic heterocycles. The summed E-state index contributed by atoms with van der Waals surface area (Å²) in [5.41, 5.74) is 0.432. The molecule has 0 atom stereocenters. The van der Waals surface area contributed by atoms with E-state index in [0.717, 1.165) is 12.8 Å². The van der Waals surface area contributed by atoms with Crippen molar-refractivity contribution in [2.75, 3.05) is 0 Å². The van der Waals surface area contributed by atoms with Gasteiger partial charge in [0.1, 0.15) is 5.70 Å². The van der Waals surface area contributed by atoms with Crippen molar-refractivity contribution in [1.82, 2.24) is 10.6 Å². The zero-order chi connectivity index (χ0) is 9.97. The number of hydrogen-bond acceptors (Lipinski definition) is 2. The van der Waals surface area contributed by atoms with Crippen molar-refractivity contribution in [3.63, 3.8) is 0 Å². The van der Waals surface area contributed by atoms with E-state index < -0.39 is 6.03 Å². The number of amides is 3. The molecule has 2 aliphatic rings. The zero-order valence-corrected chi connectivity index (χ0v) is 8.01. The van der Waals surface area contributed by atoms with Crippen LogP contribution in [0.2, 0.25) is 0 Å². The lowest BCUT2D eigenvalue weighted by Gasteiger charge is -2.18. The maximum Gasteiger partial charge on any atom is 0.326 e. The van der Waals surface area contributed by atoms with Crippen LogP contribution in [-0.4, -0.2) is 11.9 Å². The maximum absolute atomic E-state index is 11.2. The van der Waals surface area contributed by atoms with Crippen LogP contribution in [0.1, 0.15) is 32.1 Å². The Hall–Kier alpha value is -1.32. The molecule has 4 nitrogen and oxygen atoms in total. The Bertz CT molecular complexity index is 290. The van der Waals surface area contributed by atoms with E-state index in [2.05, 4.69) is 10.6 Å². The zero-order valence-electron chi connectivity index (χ0n) is 8.01. The van der Waals surface area contributed by atoms with Gasteiger partial charge in [0.15, 0.2) is 0 Å². The van der Waals surface area contributed by atoms with E-state index in [1.54, 1.807) is 0 Å². The van der Waals surface area contributed by atoms with E-state index in [4.69, 9.17) is 0 Å². The van der Waals surface area contributed by atoms with Gasteiger partial charge in [-0.1, -0.05) is 25.3 Å². The van der Waals surface area contributed by atoms with Crippen LogP contribution in [0.15, 0.2) is 11.8 Å². The Morgan fingerprint density at radius 3 is 2.36 bits per heavy atom. The number of allylic oxidation sites excluding steroid dienone is 1. The molecule has 0 radical (unpaired) electrons. The molecule has 0 bridgehead atoms. The Balaban J connectivity index is 2.02. The minimum absolute atomic E-state index is 0.291. The molecular weight excluding hydrogens is 180 g/mol. The van der Waals surface area contributed by atoms with Crippen LogP contribution in [0.3, 0.4) is 0 Å². The first-order valence-corrected chi connectivity index (χ1v) is 5.10. The largest absolute Gasteiger partial charge is 0.326 e. The van der Waals surface area contributed by atoms with E-state index >= 15 is 0 Å². The summed E-state index contributed by atoms with van der Waals surface area (Å²) in [4.78, 5) is 22.0. The predicted molar refractivity (Wildman–Crippen MR) is 51.3 cm³/mol. The lowest BCUT2D eigenvalue weighted by Crippen LogP contribution is -2.22. The molecule has 1 saturated heterocycles. The van der Waals surface area contributed by atoms with Crippen LogP contribution in [0.25, 0.3) is 0 Å². The third-order valence-electron chi connectivity index (χ3n) is 2.77. The molecule has 1 aliphatic heterocycles. The summed E-state index contributed by atoms with van der Waals surface area (Å²) in [6.45, 7) is 0. The van der Waals surface area contributed by atoms with Crippen molar-refractivity contribution in [2.24, 2.45) is 5.92 Å². The second-order valence-corrected chi connectivity index (χ2v) is 3.89. The Kier molecular flexibility index (Phi) is 2.52. The molecule has 2 N–H and O–H groups in total. The molecule has 76 valence electrons. The fourth-order valence-corrected chi connectivity index (χ4v) is 2.03. The molecule has 0 aromatic carbocycles. The third-order valence-corrected chi connectivity index (χ3v) is 2.77. The summed E-state index contributed by atoms with van der Waals surface area (Å²) in [6, 6.07) is -0.406. The molecule has 1 heterocycles. The first-order chi connectivity index (χ1) is 6.75. The van der Waals surface area contributed by atoms with Crippen molar-refractivity contribution in [2.45, 2.75) is 32.1 Å². The summed E-state index contributed by atoms with van der Waals surface area (Å²) >= 11 is 0. The van der Waals surface area contributed by atoms with Crippen molar-refractivity contribution >= 4 is 11.9 Å². The molecule has 1 saturated carbocycles. The van der Waals surface area contributed by atoms with E-state index in [1.165, 1.54) is 19.3 Å². The van der Waals surface area contributed by atoms with E-state index in [0.29, 0.717) is 11.6 Å². The summed E-state index contributed by atoms with van der Waals surface area (Å²) < 4.78 is 0. The van der Waals surface area contributed by atoms with Crippen molar-refractivity contribution in [3.8, 4) is 0 Å². The molecule has 0 unspecified atom stereocenters. The smallest absolute Gasteiger partial charge is 0.303 e. The molecule has 2 rings (SSSR count). The second-order valence-electron chi connectivity index (χ2n) is 3.89. The van der Waals surface area contributed by atoms with Gasteiger partial charge in [0, 0.05) is 0 Å². The molecular formula is C10H14N2O2. The van der Waals surface area contributed by atoms with Crippen LogP contribution >= 0.6 is 0 Å². The van der Waals surface area contributed by atoms with Gasteiger partial charge in [-0.3, -0.25) is 10.1 Å². The topological polar surface area (TPSA) is 58.2 Å². The van der Waals surface area contributed by atoms with Gasteiger partial charge in [0.05, 0.1) is 0 Å². The highest BCUT2D eigenvalue weighted by Crippen LogP contribution is 2.25. The van der Waals surface area contributed by atoms with Gasteiger partial charge in [-0.05, 0) is 18.8 Å². The van der Waals surface area contributed by atoms with Crippen molar-refractivity contribution < 1.29 is 9.59 Å². The van der Waals surface area contributed by atoms with E-state index in [-0.39, 0.29) is 5.91 Å². The van der Waals surface area contributed by atoms with Gasteiger partial charge in [-0.25, -0.2) is 4.79 Å². The van der Waals surface area contributed by atoms with Crippen LogP contribution in [0, 0.1) is 5.92 Å². The highest BCUT2D eigenvalue weighted by atomic mass is 16.2. The lowest BCUT2D eigenvalue weighted by molar-refractivity contribution is -0.115. The first kappa shape index (κ1) is 9.24. The highest BCUT2D eigenvalue weighted by Gasteiger charge is 2.24. The van der Waals surface area contributed by atoms with E-state index in [9.17, 15) is 9.59 Å². The summed E-state index contributed by atoms with van der Waals surface area (Å²) in [7, 11) is 0. The first-order valence-electron chi connectivity index (χ1n) is 5.10. The van der Waals surface area contributed by atoms with Crippen LogP contribution in [0.4, 0.5) is 4.79 Å². The summed E-state index contributed by atoms with van der Waals surface area (Å²) in [5, 5.41) is 4.71. The maximum atomic E-state index is 11.2. The predicted octanol–water partition coefficient (Wildman–Crippen LogP) is 1.29. The van der Waals surface area contributed by atoms with Crippen molar-refractivity contribution in [3.05, 3.63) is 11.8 Å². The van der Waals surface area contributed by atoms with Crippen LogP contribution in [-0.2, 0) is 4.79 Å². The van der Waals surface area contributed by atoms with Crippen molar-refractivity contribution in [1.29, 1.82) is 0 Å². The standard InChI is InChI=1S/C10H14N2O2/c13-9-8(11-10(14)12-9)6-7-4-2-1-3-5-7/h6-7H,1-5H2,(H2,11,12,13,14)/b8-6-. The number of rotatable bonds is 1. The van der Waals surface area contributed by atoms with Gasteiger partial charge < -0.3 is 5.32 Å². The highest BCUT2D eigenvalue weighted by molar-refractivity contribution is 6.11. The fourth-order valence-electron chi connectivity index (χ4n) is 2.03.